The van der Waals surface area contributed by atoms with Gasteiger partial charge in [0.15, 0.2) is 0 Å². The van der Waals surface area contributed by atoms with E-state index in [0.29, 0.717) is 0 Å². The predicted octanol–water partition coefficient (Wildman–Crippen LogP) is -0.658. The van der Waals surface area contributed by atoms with E-state index in [4.69, 9.17) is 0 Å². The van der Waals surface area contributed by atoms with Crippen LogP contribution in [0.5, 0.6) is 0 Å². The predicted molar refractivity (Wildman–Crippen MR) is 27.9 cm³/mol. The molecule has 0 atom stereocenters. The van der Waals surface area contributed by atoms with E-state index >= 15 is 0 Å². The van der Waals surface area contributed by atoms with E-state index in [1.807, 2.05) is 17.8 Å². The van der Waals surface area contributed by atoms with Crippen LogP contribution >= 0.6 is 0 Å². The molecule has 0 unspecified atom stereocenters. The molecular formula is C3H9NSi. The molecule has 0 aliphatic rings. The van der Waals surface area contributed by atoms with E-state index < -0.39 is 0 Å². The number of hydrogen-bond donors (Lipinski definition) is 0. The average Bonchev–Trinajstić information content (AvgIpc) is 1.38. The Morgan fingerprint density at radius 3 is 2.20 bits per heavy atom. The van der Waals surface area contributed by atoms with Crippen LogP contribution in [0.3, 0.4) is 0 Å². The fourth-order valence-electron chi connectivity index (χ4n) is 0. The molecule has 0 heterocycles. The zero-order chi connectivity index (χ0) is 4.28. The molecular weight excluding hydrogens is 78.1 g/mol. The molecule has 0 spiro atoms. The van der Waals surface area contributed by atoms with Crippen molar-refractivity contribution in [3.63, 3.8) is 0 Å². The standard InChI is InChI=1S/C3H9NSi/c1-3-4(2)5/h3H,1H2,2,5H3. The third kappa shape index (κ3) is 3.76. The number of rotatable bonds is 1. The Kier molecular flexibility index (Phi) is 1.92. The first kappa shape index (κ1) is 4.76. The minimum absolute atomic E-state index is 1.08. The summed E-state index contributed by atoms with van der Waals surface area (Å²) in [4.78, 5) is 0. The fraction of sp³-hybridized carbons (Fsp3) is 0.333. The lowest BCUT2D eigenvalue weighted by atomic mass is 11.0. The highest BCUT2D eigenvalue weighted by Gasteiger charge is 1.62. The minimum Gasteiger partial charge on any atom is -0.415 e. The van der Waals surface area contributed by atoms with Gasteiger partial charge < -0.3 is 4.57 Å². The zero-order valence-corrected chi connectivity index (χ0v) is 5.73. The summed E-state index contributed by atoms with van der Waals surface area (Å²) in [5.74, 6) is 0. The third-order valence-electron chi connectivity index (χ3n) is 0.365. The molecule has 0 radical (unpaired) electrons. The van der Waals surface area contributed by atoms with Gasteiger partial charge in [0, 0.05) is 0 Å². The summed E-state index contributed by atoms with van der Waals surface area (Å²) in [5.41, 5.74) is 0. The highest BCUT2D eigenvalue weighted by Crippen LogP contribution is 1.62. The normalized spacial score (nSPS) is 7.40. The highest BCUT2D eigenvalue weighted by atomic mass is 28.2. The van der Waals surface area contributed by atoms with Gasteiger partial charge in [0.05, 0.1) is 0 Å². The summed E-state index contributed by atoms with van der Waals surface area (Å²) in [7, 11) is 3.08. The van der Waals surface area contributed by atoms with Crippen LogP contribution in [0, 0.1) is 0 Å². The lowest BCUT2D eigenvalue weighted by molar-refractivity contribution is 0.752. The monoisotopic (exact) mass is 87.1 g/mol. The largest absolute Gasteiger partial charge is 0.415 e. The number of hydrogen-bond acceptors (Lipinski definition) is 1. The maximum atomic E-state index is 3.52. The van der Waals surface area contributed by atoms with E-state index in [1.54, 1.807) is 0 Å². The molecule has 0 N–H and O–H groups in total. The molecule has 0 rings (SSSR count). The van der Waals surface area contributed by atoms with E-state index in [0.717, 1.165) is 10.4 Å². The molecule has 5 heavy (non-hydrogen) atoms. The van der Waals surface area contributed by atoms with Gasteiger partial charge in [-0.25, -0.2) is 0 Å². The van der Waals surface area contributed by atoms with Crippen LogP contribution in [0.1, 0.15) is 0 Å². The first-order valence-corrected chi connectivity index (χ1v) is 2.46. The van der Waals surface area contributed by atoms with Crippen LogP contribution in [0.2, 0.25) is 0 Å². The molecule has 0 bridgehead atoms. The van der Waals surface area contributed by atoms with Crippen molar-refractivity contribution < 1.29 is 0 Å². The van der Waals surface area contributed by atoms with Crippen LogP contribution in [0.25, 0.3) is 0 Å². The molecule has 0 aromatic rings. The molecule has 0 aliphatic heterocycles. The van der Waals surface area contributed by atoms with Gasteiger partial charge in [0.2, 0.25) is 0 Å². The van der Waals surface area contributed by atoms with Gasteiger partial charge in [0.1, 0.15) is 10.4 Å². The van der Waals surface area contributed by atoms with Crippen molar-refractivity contribution in [3.8, 4) is 0 Å². The molecule has 0 fully saturated rings. The van der Waals surface area contributed by atoms with Crippen LogP contribution in [-0.2, 0) is 0 Å². The Bertz CT molecular complexity index is 33.9. The quantitative estimate of drug-likeness (QED) is 0.384. The van der Waals surface area contributed by atoms with E-state index in [2.05, 4.69) is 6.58 Å². The molecule has 0 saturated heterocycles. The van der Waals surface area contributed by atoms with Crippen molar-refractivity contribution in [3.05, 3.63) is 12.8 Å². The van der Waals surface area contributed by atoms with Gasteiger partial charge in [-0.1, -0.05) is 6.58 Å². The SMILES string of the molecule is C=CN(C)[SiH3]. The van der Waals surface area contributed by atoms with Gasteiger partial charge in [-0.3, -0.25) is 0 Å². The minimum atomic E-state index is 1.08. The van der Waals surface area contributed by atoms with E-state index in [-0.39, 0.29) is 0 Å². The van der Waals surface area contributed by atoms with Gasteiger partial charge in [-0.15, -0.1) is 0 Å². The van der Waals surface area contributed by atoms with Crippen LogP contribution < -0.4 is 0 Å². The summed E-state index contributed by atoms with van der Waals surface area (Å²) in [6.07, 6.45) is 1.81. The van der Waals surface area contributed by atoms with Gasteiger partial charge in [-0.2, -0.15) is 0 Å². The topological polar surface area (TPSA) is 3.24 Å². The Morgan fingerprint density at radius 1 is 2.00 bits per heavy atom. The summed E-state index contributed by atoms with van der Waals surface area (Å²) >= 11 is 0. The average molecular weight is 87.2 g/mol. The van der Waals surface area contributed by atoms with Gasteiger partial charge in [-0.05, 0) is 13.2 Å². The first-order valence-electron chi connectivity index (χ1n) is 1.56. The molecule has 0 aliphatic carbocycles. The molecule has 0 aromatic carbocycles. The van der Waals surface area contributed by atoms with Crippen molar-refractivity contribution in [1.82, 2.24) is 4.57 Å². The van der Waals surface area contributed by atoms with E-state index in [1.165, 1.54) is 0 Å². The highest BCUT2D eigenvalue weighted by molar-refractivity contribution is 6.04. The summed E-state index contributed by atoms with van der Waals surface area (Å²) < 4.78 is 2.03. The van der Waals surface area contributed by atoms with Crippen LogP contribution in [0.15, 0.2) is 12.8 Å². The summed E-state index contributed by atoms with van der Waals surface area (Å²) in [6.45, 7) is 3.52. The Morgan fingerprint density at radius 2 is 2.20 bits per heavy atom. The van der Waals surface area contributed by atoms with Crippen molar-refractivity contribution in [2.45, 2.75) is 0 Å². The number of nitrogens with zero attached hydrogens (tertiary/aromatic N) is 1. The lowest BCUT2D eigenvalue weighted by Gasteiger charge is -1.98. The van der Waals surface area contributed by atoms with Crippen LogP contribution in [-0.4, -0.2) is 22.0 Å². The van der Waals surface area contributed by atoms with E-state index in [9.17, 15) is 0 Å². The lowest BCUT2D eigenvalue weighted by Crippen LogP contribution is -2.01. The second kappa shape index (κ2) is 2.02. The van der Waals surface area contributed by atoms with Crippen molar-refractivity contribution in [2.24, 2.45) is 0 Å². The van der Waals surface area contributed by atoms with Crippen molar-refractivity contribution in [2.75, 3.05) is 7.05 Å². The fourth-order valence-corrected chi connectivity index (χ4v) is 0. The zero-order valence-electron chi connectivity index (χ0n) is 3.73. The summed E-state index contributed by atoms with van der Waals surface area (Å²) in [5, 5.41) is 0. The Balaban J connectivity index is 2.83. The Hall–Kier alpha value is -0.243. The molecule has 30 valence electrons. The second-order valence-corrected chi connectivity index (χ2v) is 2.56. The Labute approximate surface area is 35.8 Å². The maximum Gasteiger partial charge on any atom is 0.106 e. The molecule has 0 saturated carbocycles. The molecule has 2 heteroatoms. The summed E-state index contributed by atoms with van der Waals surface area (Å²) in [6, 6.07) is 0. The smallest absolute Gasteiger partial charge is 0.106 e. The molecule has 0 aromatic heterocycles. The van der Waals surface area contributed by atoms with Gasteiger partial charge in [0.25, 0.3) is 0 Å². The third-order valence-corrected chi connectivity index (χ3v) is 0.730. The second-order valence-electron chi connectivity index (χ2n) is 1.15. The first-order chi connectivity index (χ1) is 2.27. The van der Waals surface area contributed by atoms with Crippen molar-refractivity contribution in [1.29, 1.82) is 0 Å². The molecule has 0 amide bonds. The van der Waals surface area contributed by atoms with Crippen LogP contribution in [0.4, 0.5) is 0 Å². The maximum absolute atomic E-state index is 3.52. The molecule has 1 nitrogen and oxygen atoms in total. The van der Waals surface area contributed by atoms with Gasteiger partial charge >= 0.3 is 0 Å². The van der Waals surface area contributed by atoms with Crippen molar-refractivity contribution >= 4 is 10.4 Å².